The van der Waals surface area contributed by atoms with E-state index >= 15 is 0 Å². The minimum absolute atomic E-state index is 0.122. The summed E-state index contributed by atoms with van der Waals surface area (Å²) in [6.07, 6.45) is 1.77. The Morgan fingerprint density at radius 1 is 1.33 bits per heavy atom. The summed E-state index contributed by atoms with van der Waals surface area (Å²) in [7, 11) is 3.31. The summed E-state index contributed by atoms with van der Waals surface area (Å²) in [5.74, 6) is 0.962. The van der Waals surface area contributed by atoms with Gasteiger partial charge in [-0.05, 0) is 18.9 Å². The maximum absolute atomic E-state index is 6.10. The molecule has 0 amide bonds. The predicted octanol–water partition coefficient (Wildman–Crippen LogP) is 2.22. The highest BCUT2D eigenvalue weighted by molar-refractivity contribution is 6.29. The van der Waals surface area contributed by atoms with Crippen molar-refractivity contribution in [3.63, 3.8) is 0 Å². The van der Waals surface area contributed by atoms with E-state index in [9.17, 15) is 0 Å². The second kappa shape index (κ2) is 6.08. The van der Waals surface area contributed by atoms with Crippen molar-refractivity contribution in [3.05, 3.63) is 22.8 Å². The molecule has 0 aromatic carbocycles. The Kier molecular flexibility index (Phi) is 4.36. The number of hydrogen-bond acceptors (Lipinski definition) is 5. The summed E-state index contributed by atoms with van der Waals surface area (Å²) >= 11 is 6.10. The van der Waals surface area contributed by atoms with E-state index in [1.54, 1.807) is 14.2 Å². The number of hydrogen-bond donors (Lipinski definition) is 0. The van der Waals surface area contributed by atoms with Gasteiger partial charge < -0.3 is 19.1 Å². The number of rotatable bonds is 4. The van der Waals surface area contributed by atoms with Crippen LogP contribution in [0.25, 0.3) is 0 Å². The van der Waals surface area contributed by atoms with Gasteiger partial charge in [-0.25, -0.2) is 4.98 Å². The van der Waals surface area contributed by atoms with Crippen molar-refractivity contribution in [1.82, 2.24) is 4.98 Å². The molecular formula is C15H21ClN2O3. The molecule has 1 aromatic heterocycles. The first-order valence-electron chi connectivity index (χ1n) is 7.24. The molecular weight excluding hydrogens is 292 g/mol. The van der Waals surface area contributed by atoms with Crippen LogP contribution >= 0.6 is 11.6 Å². The first-order valence-corrected chi connectivity index (χ1v) is 7.62. The van der Waals surface area contributed by atoms with E-state index in [1.165, 1.54) is 5.56 Å². The number of aromatic nitrogens is 1. The summed E-state index contributed by atoms with van der Waals surface area (Å²) in [6.45, 7) is 3.17. The third-order valence-corrected chi connectivity index (χ3v) is 4.76. The number of halogens is 1. The van der Waals surface area contributed by atoms with Crippen molar-refractivity contribution in [3.8, 4) is 0 Å². The normalized spacial score (nSPS) is 20.3. The highest BCUT2D eigenvalue weighted by atomic mass is 35.5. The van der Waals surface area contributed by atoms with Gasteiger partial charge in [0, 0.05) is 45.0 Å². The van der Waals surface area contributed by atoms with Gasteiger partial charge in [0.05, 0.1) is 6.54 Å². The molecule has 116 valence electrons. The lowest BCUT2D eigenvalue weighted by Gasteiger charge is -2.34. The SMILES string of the molecule is COC(CN1CC2(CCOCC2)c2ccc(Cl)nc21)OC. The number of nitrogens with zero attached hydrogens (tertiary/aromatic N) is 2. The molecule has 0 saturated carbocycles. The second-order valence-electron chi connectivity index (χ2n) is 5.68. The fraction of sp³-hybridized carbons (Fsp3) is 0.667. The predicted molar refractivity (Wildman–Crippen MR) is 81.0 cm³/mol. The Morgan fingerprint density at radius 3 is 2.71 bits per heavy atom. The molecule has 6 heteroatoms. The van der Waals surface area contributed by atoms with Crippen LogP contribution in [0.15, 0.2) is 12.1 Å². The molecule has 5 nitrogen and oxygen atoms in total. The van der Waals surface area contributed by atoms with E-state index in [4.69, 9.17) is 25.8 Å². The third-order valence-electron chi connectivity index (χ3n) is 4.55. The largest absolute Gasteiger partial charge is 0.381 e. The first kappa shape index (κ1) is 15.0. The van der Waals surface area contributed by atoms with Crippen LogP contribution in [0.1, 0.15) is 18.4 Å². The number of methoxy groups -OCH3 is 2. The molecule has 0 unspecified atom stereocenters. The molecule has 3 heterocycles. The molecule has 1 saturated heterocycles. The van der Waals surface area contributed by atoms with Gasteiger partial charge >= 0.3 is 0 Å². The van der Waals surface area contributed by atoms with Crippen molar-refractivity contribution in [1.29, 1.82) is 0 Å². The molecule has 21 heavy (non-hydrogen) atoms. The molecule has 3 rings (SSSR count). The minimum atomic E-state index is -0.270. The lowest BCUT2D eigenvalue weighted by atomic mass is 9.76. The summed E-state index contributed by atoms with van der Waals surface area (Å²) in [6, 6.07) is 4.00. The van der Waals surface area contributed by atoms with Crippen LogP contribution in [0.5, 0.6) is 0 Å². The molecule has 1 aromatic rings. The van der Waals surface area contributed by atoms with Crippen molar-refractivity contribution in [2.75, 3.05) is 45.4 Å². The molecule has 1 fully saturated rings. The molecule has 0 aliphatic carbocycles. The minimum Gasteiger partial charge on any atom is -0.381 e. The summed E-state index contributed by atoms with van der Waals surface area (Å²) in [5, 5.41) is 0.522. The lowest BCUT2D eigenvalue weighted by Crippen LogP contribution is -2.41. The fourth-order valence-electron chi connectivity index (χ4n) is 3.37. The van der Waals surface area contributed by atoms with Crippen molar-refractivity contribution in [2.45, 2.75) is 24.5 Å². The van der Waals surface area contributed by atoms with E-state index in [1.807, 2.05) is 6.07 Å². The van der Waals surface area contributed by atoms with Gasteiger partial charge in [0.15, 0.2) is 6.29 Å². The van der Waals surface area contributed by atoms with Crippen molar-refractivity contribution < 1.29 is 14.2 Å². The van der Waals surface area contributed by atoms with E-state index in [0.717, 1.165) is 38.4 Å². The van der Waals surface area contributed by atoms with Gasteiger partial charge in [-0.1, -0.05) is 17.7 Å². The summed E-state index contributed by atoms with van der Waals surface area (Å²) in [4.78, 5) is 6.77. The third kappa shape index (κ3) is 2.75. The Bertz CT molecular complexity index is 502. The summed E-state index contributed by atoms with van der Waals surface area (Å²) < 4.78 is 16.2. The molecule has 0 radical (unpaired) electrons. The zero-order valence-corrected chi connectivity index (χ0v) is 13.2. The highest BCUT2D eigenvalue weighted by Gasteiger charge is 2.45. The zero-order valence-electron chi connectivity index (χ0n) is 12.5. The maximum Gasteiger partial charge on any atom is 0.174 e. The van der Waals surface area contributed by atoms with Crippen LogP contribution in [0.2, 0.25) is 5.15 Å². The molecule has 2 aliphatic heterocycles. The molecule has 0 bridgehead atoms. The molecule has 0 atom stereocenters. The Hall–Kier alpha value is -0.880. The first-order chi connectivity index (χ1) is 10.2. The van der Waals surface area contributed by atoms with Crippen LogP contribution < -0.4 is 4.90 Å². The number of fused-ring (bicyclic) bond motifs is 2. The highest BCUT2D eigenvalue weighted by Crippen LogP contribution is 2.46. The van der Waals surface area contributed by atoms with Gasteiger partial charge in [0.25, 0.3) is 0 Å². The quantitative estimate of drug-likeness (QED) is 0.630. The number of ether oxygens (including phenoxy) is 3. The standard InChI is InChI=1S/C15H21ClN2O3/c1-19-13(20-2)9-18-10-15(5-7-21-8-6-15)11-3-4-12(16)17-14(11)18/h3-4,13H,5-10H2,1-2H3. The van der Waals surface area contributed by atoms with Gasteiger partial charge in [0.1, 0.15) is 11.0 Å². The van der Waals surface area contributed by atoms with Crippen LogP contribution in [-0.4, -0.2) is 51.8 Å². The van der Waals surface area contributed by atoms with Crippen LogP contribution in [0.3, 0.4) is 0 Å². The average molecular weight is 313 g/mol. The topological polar surface area (TPSA) is 43.8 Å². The molecule has 1 spiro atoms. The van der Waals surface area contributed by atoms with Gasteiger partial charge in [-0.3, -0.25) is 0 Å². The van der Waals surface area contributed by atoms with Gasteiger partial charge in [-0.15, -0.1) is 0 Å². The number of pyridine rings is 1. The van der Waals surface area contributed by atoms with Gasteiger partial charge in [0.2, 0.25) is 0 Å². The van der Waals surface area contributed by atoms with E-state index in [0.29, 0.717) is 11.7 Å². The smallest absolute Gasteiger partial charge is 0.174 e. The maximum atomic E-state index is 6.10. The number of anilines is 1. The Balaban J connectivity index is 1.92. The van der Waals surface area contributed by atoms with E-state index in [2.05, 4.69) is 16.0 Å². The average Bonchev–Trinajstić information content (AvgIpc) is 2.78. The molecule has 2 aliphatic rings. The lowest BCUT2D eigenvalue weighted by molar-refractivity contribution is -0.0951. The second-order valence-corrected chi connectivity index (χ2v) is 6.07. The molecule has 0 N–H and O–H groups in total. The Labute approximate surface area is 130 Å². The zero-order chi connectivity index (χ0) is 14.9. The van der Waals surface area contributed by atoms with E-state index in [-0.39, 0.29) is 11.7 Å². The van der Waals surface area contributed by atoms with Gasteiger partial charge in [-0.2, -0.15) is 0 Å². The van der Waals surface area contributed by atoms with Crippen LogP contribution in [-0.2, 0) is 19.6 Å². The Morgan fingerprint density at radius 2 is 2.05 bits per heavy atom. The summed E-state index contributed by atoms with van der Waals surface area (Å²) in [5.41, 5.74) is 1.40. The monoisotopic (exact) mass is 312 g/mol. The fourth-order valence-corrected chi connectivity index (χ4v) is 3.51. The van der Waals surface area contributed by atoms with Crippen molar-refractivity contribution in [2.24, 2.45) is 0 Å². The van der Waals surface area contributed by atoms with Crippen LogP contribution in [0.4, 0.5) is 5.82 Å². The van der Waals surface area contributed by atoms with Crippen LogP contribution in [0, 0.1) is 0 Å². The van der Waals surface area contributed by atoms with E-state index < -0.39 is 0 Å². The van der Waals surface area contributed by atoms with Crippen molar-refractivity contribution >= 4 is 17.4 Å².